The van der Waals surface area contributed by atoms with Crippen LogP contribution in [-0.2, 0) is 16.0 Å². The molecule has 0 fully saturated rings. The Morgan fingerprint density at radius 3 is 2.39 bits per heavy atom. The van der Waals surface area contributed by atoms with Crippen LogP contribution >= 0.6 is 11.3 Å². The predicted octanol–water partition coefficient (Wildman–Crippen LogP) is 5.72. The van der Waals surface area contributed by atoms with Gasteiger partial charge in [-0.1, -0.05) is 19.1 Å². The average molecular weight is 441 g/mol. The van der Waals surface area contributed by atoms with Gasteiger partial charge >= 0.3 is 12.4 Å². The molecule has 0 aliphatic carbocycles. The zero-order valence-electron chi connectivity index (χ0n) is 14.2. The van der Waals surface area contributed by atoms with Crippen molar-refractivity contribution in [1.82, 2.24) is 0 Å². The van der Waals surface area contributed by atoms with Gasteiger partial charge in [0.05, 0.1) is 22.3 Å². The fraction of sp³-hybridized carbons (Fsp3) is 0.353. The molecule has 1 atom stereocenters. The Kier molecular flexibility index (Phi) is 5.11. The summed E-state index contributed by atoms with van der Waals surface area (Å²) < 4.78 is 103. The first kappa shape index (κ1) is 20.8. The molecule has 0 spiro atoms. The SMILES string of the molecule is CCS(=O)(=O)c1c(C2CC=CC(C(F)(F)F)=N2)sc2cc(C(F)(F)F)ccc12. The molecule has 3 rings (SSSR count). The van der Waals surface area contributed by atoms with Crippen molar-refractivity contribution in [3.05, 3.63) is 40.8 Å². The van der Waals surface area contributed by atoms with E-state index in [2.05, 4.69) is 4.99 Å². The number of thiophene rings is 1. The van der Waals surface area contributed by atoms with E-state index >= 15 is 0 Å². The van der Waals surface area contributed by atoms with Gasteiger partial charge in [-0.2, -0.15) is 26.3 Å². The predicted molar refractivity (Wildman–Crippen MR) is 94.5 cm³/mol. The minimum Gasteiger partial charge on any atom is -0.271 e. The van der Waals surface area contributed by atoms with E-state index in [-0.39, 0.29) is 32.0 Å². The Labute approximate surface area is 160 Å². The summed E-state index contributed by atoms with van der Waals surface area (Å²) in [7, 11) is -3.91. The van der Waals surface area contributed by atoms with Crippen molar-refractivity contribution in [2.24, 2.45) is 4.99 Å². The first-order valence-corrected chi connectivity index (χ1v) is 10.5. The van der Waals surface area contributed by atoms with Gasteiger partial charge in [-0.25, -0.2) is 8.42 Å². The summed E-state index contributed by atoms with van der Waals surface area (Å²) in [6, 6.07) is 1.49. The highest BCUT2D eigenvalue weighted by atomic mass is 32.2. The van der Waals surface area contributed by atoms with Crippen molar-refractivity contribution in [2.45, 2.75) is 36.6 Å². The van der Waals surface area contributed by atoms with Crippen LogP contribution in [0.4, 0.5) is 26.3 Å². The molecule has 3 nitrogen and oxygen atoms in total. The number of hydrogen-bond donors (Lipinski definition) is 0. The number of benzene rings is 1. The Morgan fingerprint density at radius 1 is 1.14 bits per heavy atom. The van der Waals surface area contributed by atoms with E-state index in [1.54, 1.807) is 0 Å². The van der Waals surface area contributed by atoms with Crippen molar-refractivity contribution in [2.75, 3.05) is 5.75 Å². The molecule has 1 aromatic carbocycles. The smallest absolute Gasteiger partial charge is 0.271 e. The molecule has 0 bridgehead atoms. The molecule has 0 saturated carbocycles. The van der Waals surface area contributed by atoms with Crippen LogP contribution in [0.5, 0.6) is 0 Å². The quantitative estimate of drug-likeness (QED) is 0.572. The monoisotopic (exact) mass is 441 g/mol. The second-order valence-electron chi connectivity index (χ2n) is 6.07. The maximum atomic E-state index is 13.0. The summed E-state index contributed by atoms with van der Waals surface area (Å²) in [6.07, 6.45) is -7.28. The van der Waals surface area contributed by atoms with Gasteiger partial charge in [-0.3, -0.25) is 4.99 Å². The van der Waals surface area contributed by atoms with Gasteiger partial charge in [0, 0.05) is 15.0 Å². The van der Waals surface area contributed by atoms with Crippen molar-refractivity contribution >= 4 is 37.0 Å². The van der Waals surface area contributed by atoms with E-state index in [0.29, 0.717) is 0 Å². The van der Waals surface area contributed by atoms with Crippen LogP contribution in [0.1, 0.15) is 29.8 Å². The molecule has 11 heteroatoms. The third kappa shape index (κ3) is 3.82. The number of allylic oxidation sites excluding steroid dienone is 1. The Balaban J connectivity index is 2.26. The van der Waals surface area contributed by atoms with E-state index in [1.807, 2.05) is 0 Å². The summed E-state index contributed by atoms with van der Waals surface area (Å²) in [5.41, 5.74) is -2.12. The minimum absolute atomic E-state index is 0.0160. The lowest BCUT2D eigenvalue weighted by molar-refractivity contribution is -0.137. The fourth-order valence-corrected chi connectivity index (χ4v) is 5.86. The van der Waals surface area contributed by atoms with Crippen molar-refractivity contribution < 1.29 is 34.8 Å². The zero-order chi connectivity index (χ0) is 20.9. The Hall–Kier alpha value is -1.88. The summed E-state index contributed by atoms with van der Waals surface area (Å²) in [5.74, 6) is -0.342. The van der Waals surface area contributed by atoms with E-state index in [0.717, 1.165) is 35.6 Å². The molecule has 28 heavy (non-hydrogen) atoms. The Bertz CT molecular complexity index is 1080. The summed E-state index contributed by atoms with van der Waals surface area (Å²) in [4.78, 5) is 3.40. The Morgan fingerprint density at radius 2 is 1.82 bits per heavy atom. The largest absolute Gasteiger partial charge is 0.432 e. The van der Waals surface area contributed by atoms with E-state index in [1.165, 1.54) is 13.0 Å². The van der Waals surface area contributed by atoms with E-state index < -0.39 is 39.5 Å². The molecule has 152 valence electrons. The fourth-order valence-electron chi connectivity index (χ4n) is 2.86. The molecular weight excluding hydrogens is 428 g/mol. The van der Waals surface area contributed by atoms with Crippen LogP contribution in [0.2, 0.25) is 0 Å². The summed E-state index contributed by atoms with van der Waals surface area (Å²) in [5, 5.41) is 0.0631. The second-order valence-corrected chi connectivity index (χ2v) is 9.37. The number of sulfone groups is 1. The second kappa shape index (κ2) is 6.87. The zero-order valence-corrected chi connectivity index (χ0v) is 15.9. The number of aliphatic imine (C=N–C) groups is 1. The van der Waals surface area contributed by atoms with Gasteiger partial charge in [0.15, 0.2) is 9.84 Å². The lowest BCUT2D eigenvalue weighted by atomic mass is 10.1. The van der Waals surface area contributed by atoms with Gasteiger partial charge in [-0.15, -0.1) is 11.3 Å². The maximum absolute atomic E-state index is 13.0. The van der Waals surface area contributed by atoms with Crippen LogP contribution in [0, 0.1) is 0 Å². The summed E-state index contributed by atoms with van der Waals surface area (Å²) >= 11 is 0.728. The van der Waals surface area contributed by atoms with Crippen molar-refractivity contribution in [3.8, 4) is 0 Å². The molecule has 2 aromatic rings. The highest BCUT2D eigenvalue weighted by Crippen LogP contribution is 2.44. The van der Waals surface area contributed by atoms with Crippen LogP contribution in [0.15, 0.2) is 40.2 Å². The van der Waals surface area contributed by atoms with E-state index in [9.17, 15) is 34.8 Å². The lowest BCUT2D eigenvalue weighted by Gasteiger charge is -2.18. The normalized spacial score (nSPS) is 18.5. The third-order valence-corrected chi connectivity index (χ3v) is 7.42. The molecule has 1 unspecified atom stereocenters. The van der Waals surface area contributed by atoms with Crippen LogP contribution < -0.4 is 0 Å². The van der Waals surface area contributed by atoms with Crippen LogP contribution in [-0.4, -0.2) is 26.1 Å². The van der Waals surface area contributed by atoms with E-state index in [4.69, 9.17) is 0 Å². The number of hydrogen-bond acceptors (Lipinski definition) is 4. The average Bonchev–Trinajstić information content (AvgIpc) is 3.00. The number of alkyl halides is 6. The van der Waals surface area contributed by atoms with Gasteiger partial charge in [0.25, 0.3) is 0 Å². The maximum Gasteiger partial charge on any atom is 0.432 e. The van der Waals surface area contributed by atoms with Crippen LogP contribution in [0.25, 0.3) is 10.1 Å². The number of halogens is 6. The molecule has 1 aliphatic rings. The molecule has 0 amide bonds. The van der Waals surface area contributed by atoms with Crippen LogP contribution in [0.3, 0.4) is 0 Å². The molecule has 0 saturated heterocycles. The van der Waals surface area contributed by atoms with Crippen molar-refractivity contribution in [3.63, 3.8) is 0 Å². The van der Waals surface area contributed by atoms with Gasteiger partial charge in [-0.05, 0) is 24.6 Å². The highest BCUT2D eigenvalue weighted by Gasteiger charge is 2.38. The van der Waals surface area contributed by atoms with Crippen molar-refractivity contribution in [1.29, 1.82) is 0 Å². The molecule has 0 N–H and O–H groups in total. The number of rotatable bonds is 3. The lowest BCUT2D eigenvalue weighted by Crippen LogP contribution is -2.23. The molecule has 0 radical (unpaired) electrons. The molecule has 1 aromatic heterocycles. The molecule has 1 aliphatic heterocycles. The van der Waals surface area contributed by atoms with Gasteiger partial charge < -0.3 is 0 Å². The first-order valence-electron chi connectivity index (χ1n) is 8.02. The standard InChI is InChI=1S/C17H13F6NO2S2/c1-2-28(25,26)15-10-7-6-9(16(18,19)20)8-12(10)27-14(15)11-4-3-5-13(24-11)17(21,22)23/h3,5-8,11H,2,4H2,1H3. The minimum atomic E-state index is -4.71. The first-order chi connectivity index (χ1) is 12.8. The number of fused-ring (bicyclic) bond motifs is 1. The van der Waals surface area contributed by atoms with Gasteiger partial charge in [0.1, 0.15) is 5.71 Å². The highest BCUT2D eigenvalue weighted by molar-refractivity contribution is 7.91. The number of nitrogens with zero attached hydrogens (tertiary/aromatic N) is 1. The summed E-state index contributed by atoms with van der Waals surface area (Å²) in [6.45, 7) is 1.36. The molecular formula is C17H13F6NO2S2. The molecule has 2 heterocycles. The third-order valence-electron chi connectivity index (χ3n) is 4.21. The van der Waals surface area contributed by atoms with Gasteiger partial charge in [0.2, 0.25) is 0 Å². The topological polar surface area (TPSA) is 46.5 Å². The number of dihydropyridines is 1.